The summed E-state index contributed by atoms with van der Waals surface area (Å²) in [5.41, 5.74) is 0.159. The lowest BCUT2D eigenvalue weighted by molar-refractivity contribution is 0.0691. The van der Waals surface area contributed by atoms with Crippen molar-refractivity contribution in [3.05, 3.63) is 11.8 Å². The molecule has 2 rings (SSSR count). The van der Waals surface area contributed by atoms with Crippen LogP contribution in [0.5, 0.6) is 5.88 Å². The second kappa shape index (κ2) is 4.77. The van der Waals surface area contributed by atoms with Crippen LogP contribution in [-0.4, -0.2) is 27.5 Å². The maximum absolute atomic E-state index is 11.0. The highest BCUT2D eigenvalue weighted by Crippen LogP contribution is 2.30. The number of carboxylic acids is 1. The Hall–Kier alpha value is -1.52. The first-order valence-electron chi connectivity index (χ1n) is 5.99. The molecule has 1 aromatic heterocycles. The van der Waals surface area contributed by atoms with E-state index in [2.05, 4.69) is 18.9 Å². The first-order chi connectivity index (χ1) is 8.08. The van der Waals surface area contributed by atoms with Gasteiger partial charge < -0.3 is 9.84 Å². The van der Waals surface area contributed by atoms with Crippen molar-refractivity contribution in [2.45, 2.75) is 33.2 Å². The molecular formula is C12H18N2O3. The Labute approximate surface area is 100 Å². The molecule has 1 heterocycles. The van der Waals surface area contributed by atoms with Gasteiger partial charge in [-0.1, -0.05) is 13.8 Å². The maximum Gasteiger partial charge on any atom is 0.342 e. The van der Waals surface area contributed by atoms with Crippen LogP contribution in [0.15, 0.2) is 6.20 Å². The van der Waals surface area contributed by atoms with Crippen LogP contribution in [0.4, 0.5) is 0 Å². The van der Waals surface area contributed by atoms with Crippen LogP contribution in [0.3, 0.4) is 0 Å². The van der Waals surface area contributed by atoms with Gasteiger partial charge in [0.05, 0.1) is 12.8 Å². The standard InChI is InChI=1S/C12H18N2O3/c1-8(2)6-14-11(17-7-9-3-4-9)10(5-13-14)12(15)16/h5,8-9H,3-4,6-7H2,1-2H3,(H,15,16). The summed E-state index contributed by atoms with van der Waals surface area (Å²) in [7, 11) is 0. The summed E-state index contributed by atoms with van der Waals surface area (Å²) < 4.78 is 7.26. The molecule has 0 aliphatic heterocycles. The van der Waals surface area contributed by atoms with Crippen LogP contribution >= 0.6 is 0 Å². The Morgan fingerprint density at radius 2 is 2.35 bits per heavy atom. The van der Waals surface area contributed by atoms with E-state index < -0.39 is 5.97 Å². The predicted octanol–water partition coefficient (Wildman–Crippen LogP) is 2.03. The van der Waals surface area contributed by atoms with Crippen molar-refractivity contribution in [1.82, 2.24) is 9.78 Å². The molecule has 1 fully saturated rings. The third kappa shape index (κ3) is 2.99. The monoisotopic (exact) mass is 238 g/mol. The van der Waals surface area contributed by atoms with Gasteiger partial charge in [-0.3, -0.25) is 0 Å². The second-order valence-electron chi connectivity index (χ2n) is 5.00. The number of aromatic carboxylic acids is 1. The summed E-state index contributed by atoms with van der Waals surface area (Å²) in [6.45, 7) is 5.40. The van der Waals surface area contributed by atoms with Gasteiger partial charge in [0.2, 0.25) is 5.88 Å². The third-order valence-corrected chi connectivity index (χ3v) is 2.71. The minimum absolute atomic E-state index is 0.159. The molecule has 5 heteroatoms. The Morgan fingerprint density at radius 3 is 2.88 bits per heavy atom. The smallest absolute Gasteiger partial charge is 0.342 e. The molecule has 1 N–H and O–H groups in total. The van der Waals surface area contributed by atoms with E-state index in [1.54, 1.807) is 4.68 Å². The largest absolute Gasteiger partial charge is 0.477 e. The predicted molar refractivity (Wildman–Crippen MR) is 62.2 cm³/mol. The van der Waals surface area contributed by atoms with Crippen molar-refractivity contribution in [2.75, 3.05) is 6.61 Å². The van der Waals surface area contributed by atoms with Crippen molar-refractivity contribution in [3.63, 3.8) is 0 Å². The van der Waals surface area contributed by atoms with Gasteiger partial charge in [-0.05, 0) is 24.7 Å². The number of hydrogen-bond acceptors (Lipinski definition) is 3. The summed E-state index contributed by atoms with van der Waals surface area (Å²) in [6.07, 6.45) is 3.73. The van der Waals surface area contributed by atoms with Crippen molar-refractivity contribution < 1.29 is 14.6 Å². The molecule has 5 nitrogen and oxygen atoms in total. The number of hydrogen-bond donors (Lipinski definition) is 1. The molecule has 0 amide bonds. The van der Waals surface area contributed by atoms with Gasteiger partial charge in [-0.2, -0.15) is 5.10 Å². The van der Waals surface area contributed by atoms with Crippen LogP contribution in [0.2, 0.25) is 0 Å². The Kier molecular flexibility index (Phi) is 3.36. The zero-order valence-corrected chi connectivity index (χ0v) is 10.2. The van der Waals surface area contributed by atoms with Crippen LogP contribution < -0.4 is 4.74 Å². The van der Waals surface area contributed by atoms with Gasteiger partial charge in [0.25, 0.3) is 0 Å². The van der Waals surface area contributed by atoms with Crippen LogP contribution in [-0.2, 0) is 6.54 Å². The molecule has 0 bridgehead atoms. The molecule has 0 unspecified atom stereocenters. The molecule has 17 heavy (non-hydrogen) atoms. The van der Waals surface area contributed by atoms with E-state index in [9.17, 15) is 4.79 Å². The molecule has 0 spiro atoms. The molecular weight excluding hydrogens is 220 g/mol. The molecule has 94 valence electrons. The van der Waals surface area contributed by atoms with Crippen molar-refractivity contribution >= 4 is 5.97 Å². The summed E-state index contributed by atoms with van der Waals surface area (Å²) in [4.78, 5) is 11.0. The van der Waals surface area contributed by atoms with E-state index >= 15 is 0 Å². The van der Waals surface area contributed by atoms with Crippen molar-refractivity contribution in [2.24, 2.45) is 11.8 Å². The SMILES string of the molecule is CC(C)Cn1ncc(C(=O)O)c1OCC1CC1. The Balaban J connectivity index is 2.15. The average Bonchev–Trinajstić information content (AvgIpc) is 2.97. The molecule has 0 atom stereocenters. The van der Waals surface area contributed by atoms with Crippen LogP contribution in [0, 0.1) is 11.8 Å². The fourth-order valence-corrected chi connectivity index (χ4v) is 1.63. The third-order valence-electron chi connectivity index (χ3n) is 2.71. The van der Waals surface area contributed by atoms with E-state index in [0.29, 0.717) is 30.9 Å². The normalized spacial score (nSPS) is 15.2. The quantitative estimate of drug-likeness (QED) is 0.823. The number of carboxylic acid groups (broad SMARTS) is 1. The number of nitrogens with zero attached hydrogens (tertiary/aromatic N) is 2. The highest BCUT2D eigenvalue weighted by Gasteiger charge is 2.25. The molecule has 1 aliphatic carbocycles. The van der Waals surface area contributed by atoms with E-state index in [0.717, 1.165) is 0 Å². The summed E-state index contributed by atoms with van der Waals surface area (Å²) >= 11 is 0. The van der Waals surface area contributed by atoms with Crippen LogP contribution in [0.25, 0.3) is 0 Å². The molecule has 0 aromatic carbocycles. The molecule has 0 radical (unpaired) electrons. The zero-order chi connectivity index (χ0) is 12.4. The van der Waals surface area contributed by atoms with Crippen molar-refractivity contribution in [3.8, 4) is 5.88 Å². The highest BCUT2D eigenvalue weighted by molar-refractivity contribution is 5.89. The first-order valence-corrected chi connectivity index (χ1v) is 5.99. The average molecular weight is 238 g/mol. The van der Waals surface area contributed by atoms with E-state index in [4.69, 9.17) is 9.84 Å². The van der Waals surface area contributed by atoms with Crippen molar-refractivity contribution in [1.29, 1.82) is 0 Å². The number of ether oxygens (including phenoxy) is 1. The van der Waals surface area contributed by atoms with Gasteiger partial charge in [0.1, 0.15) is 5.56 Å². The molecule has 1 aromatic rings. The van der Waals surface area contributed by atoms with E-state index in [-0.39, 0.29) is 5.56 Å². The van der Waals surface area contributed by atoms with Gasteiger partial charge in [-0.15, -0.1) is 0 Å². The zero-order valence-electron chi connectivity index (χ0n) is 10.2. The minimum Gasteiger partial charge on any atom is -0.477 e. The Bertz CT molecular complexity index is 408. The van der Waals surface area contributed by atoms with Crippen LogP contribution in [0.1, 0.15) is 37.0 Å². The van der Waals surface area contributed by atoms with Gasteiger partial charge in [-0.25, -0.2) is 9.48 Å². The number of aromatic nitrogens is 2. The first kappa shape index (κ1) is 12.0. The lowest BCUT2D eigenvalue weighted by atomic mass is 10.2. The van der Waals surface area contributed by atoms with Gasteiger partial charge in [0.15, 0.2) is 0 Å². The topological polar surface area (TPSA) is 64.4 Å². The van der Waals surface area contributed by atoms with Gasteiger partial charge in [0, 0.05) is 6.54 Å². The molecule has 0 saturated heterocycles. The number of rotatable bonds is 6. The number of carbonyl (C=O) groups is 1. The second-order valence-corrected chi connectivity index (χ2v) is 5.00. The summed E-state index contributed by atoms with van der Waals surface area (Å²) in [6, 6.07) is 0. The highest BCUT2D eigenvalue weighted by atomic mass is 16.5. The lowest BCUT2D eigenvalue weighted by Crippen LogP contribution is -2.12. The van der Waals surface area contributed by atoms with E-state index in [1.807, 2.05) is 0 Å². The maximum atomic E-state index is 11.0. The summed E-state index contributed by atoms with van der Waals surface area (Å²) in [5.74, 6) is 0.419. The fourth-order valence-electron chi connectivity index (χ4n) is 1.63. The van der Waals surface area contributed by atoms with E-state index in [1.165, 1.54) is 19.0 Å². The lowest BCUT2D eigenvalue weighted by Gasteiger charge is -2.11. The molecule has 1 saturated carbocycles. The Morgan fingerprint density at radius 1 is 1.65 bits per heavy atom. The minimum atomic E-state index is -0.981. The molecule has 1 aliphatic rings. The fraction of sp³-hybridized carbons (Fsp3) is 0.667. The van der Waals surface area contributed by atoms with Gasteiger partial charge >= 0.3 is 5.97 Å². The summed E-state index contributed by atoms with van der Waals surface area (Å²) in [5, 5.41) is 13.1.